The monoisotopic (exact) mass is 538 g/mol. The van der Waals surface area contributed by atoms with Crippen LogP contribution in [-0.4, -0.2) is 54.2 Å². The maximum Gasteiger partial charge on any atom is 0.279 e. The number of fused-ring (bicyclic) bond motifs is 1. The largest absolute Gasteiger partial charge is 0.479 e. The fraction of sp³-hybridized carbons (Fsp3) is 0.481. The maximum absolute atomic E-state index is 13.1. The van der Waals surface area contributed by atoms with Gasteiger partial charge in [0.05, 0.1) is 14.2 Å². The van der Waals surface area contributed by atoms with Gasteiger partial charge in [-0.1, -0.05) is 31.3 Å². The standard InChI is InChI=1S/C27H34N6O4S/c1-15-11-16-8-9-27(2,3)18(16)12-20(15)37-26-30-19(14-38-26)22(34)31-21-23(35-4)32-25(33-24(21)36-5)29-13-17-7-6-10-28-17/h11-12,14,17,28H,6-10,13H2,1-5H3,(H,31,34)(H,29,32,33). The smallest absolute Gasteiger partial charge is 0.279 e. The third-order valence-corrected chi connectivity index (χ3v) is 7.92. The summed E-state index contributed by atoms with van der Waals surface area (Å²) in [5.41, 5.74) is 4.30. The predicted octanol–water partition coefficient (Wildman–Crippen LogP) is 4.69. The molecular formula is C27H34N6O4S. The van der Waals surface area contributed by atoms with Crippen LogP contribution in [0.25, 0.3) is 0 Å². The number of aromatic nitrogens is 3. The molecule has 202 valence electrons. The van der Waals surface area contributed by atoms with Crippen molar-refractivity contribution in [3.63, 3.8) is 0 Å². The van der Waals surface area contributed by atoms with Crippen LogP contribution in [0.4, 0.5) is 11.6 Å². The zero-order valence-corrected chi connectivity index (χ0v) is 23.3. The first kappa shape index (κ1) is 26.2. The Labute approximate surface area is 226 Å². The molecule has 10 nitrogen and oxygen atoms in total. The molecule has 3 aromatic rings. The van der Waals surface area contributed by atoms with Gasteiger partial charge in [0.1, 0.15) is 11.4 Å². The highest BCUT2D eigenvalue weighted by molar-refractivity contribution is 7.11. The molecule has 1 unspecified atom stereocenters. The van der Waals surface area contributed by atoms with E-state index in [1.807, 2.05) is 6.92 Å². The SMILES string of the molecule is COc1nc(NCC2CCCN2)nc(OC)c1NC(=O)c1csc(Oc2cc3c(cc2C)CCC3(C)C)n1. The number of nitrogens with zero attached hydrogens (tertiary/aromatic N) is 3. The van der Waals surface area contributed by atoms with E-state index in [-0.39, 0.29) is 28.6 Å². The number of anilines is 2. The molecule has 11 heteroatoms. The molecule has 1 saturated heterocycles. The van der Waals surface area contributed by atoms with E-state index in [9.17, 15) is 4.79 Å². The summed E-state index contributed by atoms with van der Waals surface area (Å²) in [6.07, 6.45) is 4.45. The second kappa shape index (κ2) is 10.7. The summed E-state index contributed by atoms with van der Waals surface area (Å²) in [5, 5.41) is 11.5. The van der Waals surface area contributed by atoms with Crippen LogP contribution in [-0.2, 0) is 11.8 Å². The number of aryl methyl sites for hydroxylation is 2. The van der Waals surface area contributed by atoms with Crippen molar-refractivity contribution in [2.45, 2.75) is 57.9 Å². The zero-order chi connectivity index (χ0) is 26.9. The van der Waals surface area contributed by atoms with Gasteiger partial charge in [-0.2, -0.15) is 15.0 Å². The minimum atomic E-state index is -0.445. The number of hydrogen-bond acceptors (Lipinski definition) is 10. The van der Waals surface area contributed by atoms with Crippen LogP contribution in [0.5, 0.6) is 22.7 Å². The Balaban J connectivity index is 1.30. The lowest BCUT2D eigenvalue weighted by Gasteiger charge is -2.20. The molecule has 3 N–H and O–H groups in total. The van der Waals surface area contributed by atoms with Crippen LogP contribution in [0.2, 0.25) is 0 Å². The minimum Gasteiger partial charge on any atom is -0.479 e. The van der Waals surface area contributed by atoms with Crippen molar-refractivity contribution in [1.82, 2.24) is 20.3 Å². The average molecular weight is 539 g/mol. The van der Waals surface area contributed by atoms with E-state index in [4.69, 9.17) is 14.2 Å². The van der Waals surface area contributed by atoms with Crippen molar-refractivity contribution in [1.29, 1.82) is 0 Å². The number of ether oxygens (including phenoxy) is 3. The Morgan fingerprint density at radius 1 is 1.18 bits per heavy atom. The highest BCUT2D eigenvalue weighted by Crippen LogP contribution is 2.42. The van der Waals surface area contributed by atoms with Gasteiger partial charge in [0, 0.05) is 18.0 Å². The van der Waals surface area contributed by atoms with E-state index in [2.05, 4.69) is 56.9 Å². The Morgan fingerprint density at radius 2 is 1.95 bits per heavy atom. The van der Waals surface area contributed by atoms with Crippen LogP contribution < -0.4 is 30.2 Å². The summed E-state index contributed by atoms with van der Waals surface area (Å²) in [6, 6.07) is 4.68. The molecule has 0 bridgehead atoms. The van der Waals surface area contributed by atoms with Gasteiger partial charge in [-0.3, -0.25) is 4.79 Å². The number of nitrogens with one attached hydrogen (secondary N) is 3. The molecular weight excluding hydrogens is 504 g/mol. The molecule has 1 amide bonds. The number of thiazole rings is 1. The van der Waals surface area contributed by atoms with Crippen molar-refractivity contribution in [2.24, 2.45) is 0 Å². The van der Waals surface area contributed by atoms with Crippen molar-refractivity contribution < 1.29 is 19.0 Å². The molecule has 0 saturated carbocycles. The van der Waals surface area contributed by atoms with E-state index in [1.165, 1.54) is 36.7 Å². The number of benzene rings is 1. The van der Waals surface area contributed by atoms with Gasteiger partial charge in [0.2, 0.25) is 17.7 Å². The lowest BCUT2D eigenvalue weighted by molar-refractivity contribution is 0.102. The number of carbonyl (C=O) groups excluding carboxylic acids is 1. The molecule has 0 spiro atoms. The van der Waals surface area contributed by atoms with E-state index >= 15 is 0 Å². The molecule has 2 aromatic heterocycles. The molecule has 3 heterocycles. The van der Waals surface area contributed by atoms with E-state index < -0.39 is 5.91 Å². The lowest BCUT2D eigenvalue weighted by Crippen LogP contribution is -2.29. The normalized spacial score (nSPS) is 17.7. The van der Waals surface area contributed by atoms with Crippen LogP contribution >= 0.6 is 11.3 Å². The number of rotatable bonds is 9. The zero-order valence-electron chi connectivity index (χ0n) is 22.4. The molecule has 2 aliphatic rings. The summed E-state index contributed by atoms with van der Waals surface area (Å²) in [4.78, 5) is 26.3. The second-order valence-electron chi connectivity index (χ2n) is 10.3. The predicted molar refractivity (Wildman–Crippen MR) is 147 cm³/mol. The number of amides is 1. The molecule has 1 aliphatic carbocycles. The van der Waals surface area contributed by atoms with Gasteiger partial charge >= 0.3 is 0 Å². The molecule has 5 rings (SSSR count). The van der Waals surface area contributed by atoms with Gasteiger partial charge in [-0.15, -0.1) is 0 Å². The van der Waals surface area contributed by atoms with Crippen LogP contribution in [0, 0.1) is 6.92 Å². The quantitative estimate of drug-likeness (QED) is 0.356. The Hall–Kier alpha value is -3.44. The molecule has 38 heavy (non-hydrogen) atoms. The summed E-state index contributed by atoms with van der Waals surface area (Å²) in [5.74, 6) is 1.06. The molecule has 1 fully saturated rings. The van der Waals surface area contributed by atoms with Crippen LogP contribution in [0.3, 0.4) is 0 Å². The first-order valence-corrected chi connectivity index (χ1v) is 13.7. The van der Waals surface area contributed by atoms with Crippen molar-refractivity contribution in [3.05, 3.63) is 39.9 Å². The third kappa shape index (κ3) is 5.39. The highest BCUT2D eigenvalue weighted by Gasteiger charge is 2.31. The Morgan fingerprint density at radius 3 is 2.63 bits per heavy atom. The summed E-state index contributed by atoms with van der Waals surface area (Å²) < 4.78 is 17.0. The Kier molecular flexibility index (Phi) is 7.40. The summed E-state index contributed by atoms with van der Waals surface area (Å²) >= 11 is 1.26. The van der Waals surface area contributed by atoms with Crippen LogP contribution in [0.1, 0.15) is 60.3 Å². The molecule has 1 atom stereocenters. The Bertz CT molecular complexity index is 1310. The number of hydrogen-bond donors (Lipinski definition) is 3. The first-order chi connectivity index (χ1) is 18.3. The van der Waals surface area contributed by atoms with Gasteiger partial charge in [0.25, 0.3) is 11.1 Å². The fourth-order valence-electron chi connectivity index (χ4n) is 5.00. The lowest BCUT2D eigenvalue weighted by atomic mass is 9.86. The van der Waals surface area contributed by atoms with Gasteiger partial charge in [0.15, 0.2) is 5.69 Å². The summed E-state index contributed by atoms with van der Waals surface area (Å²) in [7, 11) is 2.96. The average Bonchev–Trinajstić information content (AvgIpc) is 3.65. The molecule has 1 aromatic carbocycles. The first-order valence-electron chi connectivity index (χ1n) is 12.8. The van der Waals surface area contributed by atoms with Gasteiger partial charge in [-0.05, 0) is 67.3 Å². The molecule has 1 aliphatic heterocycles. The minimum absolute atomic E-state index is 0.119. The maximum atomic E-state index is 13.1. The summed E-state index contributed by atoms with van der Waals surface area (Å²) in [6.45, 7) is 8.24. The highest BCUT2D eigenvalue weighted by atomic mass is 32.1. The topological polar surface area (TPSA) is 120 Å². The van der Waals surface area contributed by atoms with Crippen molar-refractivity contribution >= 4 is 28.9 Å². The number of carbonyl (C=O) groups is 1. The third-order valence-electron chi connectivity index (χ3n) is 7.20. The van der Waals surface area contributed by atoms with Gasteiger partial charge in [-0.25, -0.2) is 0 Å². The van der Waals surface area contributed by atoms with Crippen molar-refractivity contribution in [2.75, 3.05) is 37.9 Å². The van der Waals surface area contributed by atoms with E-state index in [0.717, 1.165) is 43.5 Å². The van der Waals surface area contributed by atoms with E-state index in [0.29, 0.717) is 23.7 Å². The fourth-order valence-corrected chi connectivity index (χ4v) is 5.67. The van der Waals surface area contributed by atoms with E-state index in [1.54, 1.807) is 5.38 Å². The van der Waals surface area contributed by atoms with Crippen LogP contribution in [0.15, 0.2) is 17.5 Å². The van der Waals surface area contributed by atoms with Crippen molar-refractivity contribution in [3.8, 4) is 22.7 Å². The second-order valence-corrected chi connectivity index (χ2v) is 11.1. The molecule has 0 radical (unpaired) electrons. The number of methoxy groups -OCH3 is 2. The van der Waals surface area contributed by atoms with Gasteiger partial charge < -0.3 is 30.2 Å².